The highest BCUT2D eigenvalue weighted by atomic mass is 79.9. The van der Waals surface area contributed by atoms with Gasteiger partial charge in [-0.2, -0.15) is 0 Å². The van der Waals surface area contributed by atoms with E-state index in [4.69, 9.17) is 15.2 Å². The van der Waals surface area contributed by atoms with Gasteiger partial charge in [0.15, 0.2) is 11.5 Å². The van der Waals surface area contributed by atoms with E-state index in [9.17, 15) is 0 Å². The van der Waals surface area contributed by atoms with Gasteiger partial charge in [-0.3, -0.25) is 0 Å². The zero-order valence-electron chi connectivity index (χ0n) is 7.75. The van der Waals surface area contributed by atoms with Crippen LogP contribution >= 0.6 is 15.9 Å². The molecule has 76 valence electrons. The molecule has 0 aromatic heterocycles. The molecule has 0 atom stereocenters. The maximum absolute atomic E-state index is 5.66. The minimum absolute atomic E-state index is 0.452. The molecule has 2 rings (SSSR count). The Morgan fingerprint density at radius 1 is 1.29 bits per heavy atom. The Hall–Kier alpha value is -0.740. The maximum atomic E-state index is 5.66. The quantitative estimate of drug-likeness (QED) is 0.838. The average Bonchev–Trinajstić information content (AvgIpc) is 2.42. The van der Waals surface area contributed by atoms with Crippen LogP contribution in [0, 0.1) is 0 Å². The molecule has 0 amide bonds. The van der Waals surface area contributed by atoms with Gasteiger partial charge in [-0.25, -0.2) is 0 Å². The van der Waals surface area contributed by atoms with E-state index in [1.165, 1.54) is 0 Å². The number of rotatable bonds is 1. The number of hydrogen-bond donors (Lipinski definition) is 1. The summed E-state index contributed by atoms with van der Waals surface area (Å²) in [5, 5.41) is 0. The first kappa shape index (κ1) is 9.80. The van der Waals surface area contributed by atoms with Crippen LogP contribution in [-0.2, 0) is 6.54 Å². The number of nitrogens with two attached hydrogens (primary N) is 1. The van der Waals surface area contributed by atoms with Crippen molar-refractivity contribution in [2.45, 2.75) is 13.0 Å². The van der Waals surface area contributed by atoms with Gasteiger partial charge in [0, 0.05) is 23.0 Å². The molecule has 0 unspecified atom stereocenters. The summed E-state index contributed by atoms with van der Waals surface area (Å²) in [7, 11) is 0. The standard InChI is InChI=1S/C10H12BrNO2/c11-8-2-3-9-10(7(8)6-12)14-5-1-4-13-9/h2-3H,1,4-6,12H2. The van der Waals surface area contributed by atoms with E-state index in [1.54, 1.807) is 0 Å². The molecular weight excluding hydrogens is 246 g/mol. The molecule has 0 bridgehead atoms. The number of ether oxygens (including phenoxy) is 2. The summed E-state index contributed by atoms with van der Waals surface area (Å²) in [6.45, 7) is 1.85. The van der Waals surface area contributed by atoms with Gasteiger partial charge in [0.2, 0.25) is 0 Å². The molecule has 1 aliphatic heterocycles. The van der Waals surface area contributed by atoms with Crippen molar-refractivity contribution in [1.29, 1.82) is 0 Å². The summed E-state index contributed by atoms with van der Waals surface area (Å²) in [6.07, 6.45) is 0.913. The summed E-state index contributed by atoms with van der Waals surface area (Å²) in [4.78, 5) is 0. The predicted octanol–water partition coefficient (Wildman–Crippen LogP) is 2.07. The first-order valence-electron chi connectivity index (χ1n) is 4.60. The number of halogens is 1. The van der Waals surface area contributed by atoms with Crippen LogP contribution in [0.3, 0.4) is 0 Å². The van der Waals surface area contributed by atoms with Crippen LogP contribution in [0.4, 0.5) is 0 Å². The van der Waals surface area contributed by atoms with Crippen molar-refractivity contribution < 1.29 is 9.47 Å². The van der Waals surface area contributed by atoms with Crippen LogP contribution in [0.2, 0.25) is 0 Å². The van der Waals surface area contributed by atoms with Crippen LogP contribution in [0.25, 0.3) is 0 Å². The van der Waals surface area contributed by atoms with Gasteiger partial charge in [-0.05, 0) is 12.1 Å². The molecule has 0 saturated carbocycles. The van der Waals surface area contributed by atoms with Crippen molar-refractivity contribution in [3.8, 4) is 11.5 Å². The molecule has 1 heterocycles. The van der Waals surface area contributed by atoms with Gasteiger partial charge in [-0.1, -0.05) is 15.9 Å². The molecule has 4 heteroatoms. The fourth-order valence-corrected chi connectivity index (χ4v) is 1.93. The van der Waals surface area contributed by atoms with Gasteiger partial charge in [0.25, 0.3) is 0 Å². The lowest BCUT2D eigenvalue weighted by molar-refractivity contribution is 0.296. The van der Waals surface area contributed by atoms with Crippen molar-refractivity contribution in [1.82, 2.24) is 0 Å². The molecule has 1 aromatic rings. The number of fused-ring (bicyclic) bond motifs is 1. The highest BCUT2D eigenvalue weighted by Crippen LogP contribution is 2.37. The largest absolute Gasteiger partial charge is 0.490 e. The van der Waals surface area contributed by atoms with Gasteiger partial charge in [-0.15, -0.1) is 0 Å². The minimum Gasteiger partial charge on any atom is -0.490 e. The lowest BCUT2D eigenvalue weighted by atomic mass is 10.2. The normalized spacial score (nSPS) is 15.0. The molecule has 0 spiro atoms. The molecule has 2 N–H and O–H groups in total. The van der Waals surface area contributed by atoms with Gasteiger partial charge in [0.05, 0.1) is 13.2 Å². The monoisotopic (exact) mass is 257 g/mol. The lowest BCUT2D eigenvalue weighted by Gasteiger charge is -2.12. The Morgan fingerprint density at radius 2 is 2.07 bits per heavy atom. The molecule has 0 aliphatic carbocycles. The molecule has 3 nitrogen and oxygen atoms in total. The third kappa shape index (κ3) is 1.72. The van der Waals surface area contributed by atoms with Crippen molar-refractivity contribution in [2.75, 3.05) is 13.2 Å². The SMILES string of the molecule is NCc1c(Br)ccc2c1OCCCO2. The highest BCUT2D eigenvalue weighted by molar-refractivity contribution is 9.10. The summed E-state index contributed by atoms with van der Waals surface area (Å²) >= 11 is 3.45. The Bertz CT molecular complexity index is 341. The van der Waals surface area contributed by atoms with E-state index >= 15 is 0 Å². The Labute approximate surface area is 91.3 Å². The minimum atomic E-state index is 0.452. The van der Waals surface area contributed by atoms with E-state index in [0.717, 1.165) is 28.0 Å². The lowest BCUT2D eigenvalue weighted by Crippen LogP contribution is -2.03. The molecule has 1 aliphatic rings. The number of benzene rings is 1. The van der Waals surface area contributed by atoms with E-state index in [2.05, 4.69) is 15.9 Å². The zero-order chi connectivity index (χ0) is 9.97. The summed E-state index contributed by atoms with van der Waals surface area (Å²) in [5.41, 5.74) is 6.64. The van der Waals surface area contributed by atoms with Gasteiger partial charge in [0.1, 0.15) is 0 Å². The van der Waals surface area contributed by atoms with Crippen molar-refractivity contribution in [3.63, 3.8) is 0 Å². The topological polar surface area (TPSA) is 44.5 Å². The van der Waals surface area contributed by atoms with Crippen LogP contribution in [-0.4, -0.2) is 13.2 Å². The van der Waals surface area contributed by atoms with Crippen LogP contribution in [0.15, 0.2) is 16.6 Å². The van der Waals surface area contributed by atoms with Gasteiger partial charge < -0.3 is 15.2 Å². The molecule has 1 aromatic carbocycles. The smallest absolute Gasteiger partial charge is 0.166 e. The third-order valence-corrected chi connectivity index (χ3v) is 2.91. The summed E-state index contributed by atoms with van der Waals surface area (Å²) in [6, 6.07) is 3.85. The third-order valence-electron chi connectivity index (χ3n) is 2.16. The Kier molecular flexibility index (Phi) is 2.93. The van der Waals surface area contributed by atoms with Gasteiger partial charge >= 0.3 is 0 Å². The predicted molar refractivity (Wildman–Crippen MR) is 57.6 cm³/mol. The second kappa shape index (κ2) is 4.19. The van der Waals surface area contributed by atoms with Crippen LogP contribution in [0.1, 0.15) is 12.0 Å². The molecule has 14 heavy (non-hydrogen) atoms. The second-order valence-electron chi connectivity index (χ2n) is 3.11. The van der Waals surface area contributed by atoms with Crippen molar-refractivity contribution in [3.05, 3.63) is 22.2 Å². The van der Waals surface area contributed by atoms with Crippen molar-refractivity contribution in [2.24, 2.45) is 5.73 Å². The fourth-order valence-electron chi connectivity index (χ4n) is 1.46. The Morgan fingerprint density at radius 3 is 2.86 bits per heavy atom. The first-order chi connectivity index (χ1) is 6.83. The molecule has 0 fully saturated rings. The van der Waals surface area contributed by atoms with E-state index in [1.807, 2.05) is 12.1 Å². The average molecular weight is 258 g/mol. The van der Waals surface area contributed by atoms with Crippen molar-refractivity contribution >= 4 is 15.9 Å². The molecule has 0 radical (unpaired) electrons. The summed E-state index contributed by atoms with van der Waals surface area (Å²) < 4.78 is 12.1. The second-order valence-corrected chi connectivity index (χ2v) is 3.96. The van der Waals surface area contributed by atoms with Crippen LogP contribution < -0.4 is 15.2 Å². The zero-order valence-corrected chi connectivity index (χ0v) is 9.34. The summed E-state index contributed by atoms with van der Waals surface area (Å²) in [5.74, 6) is 1.59. The van der Waals surface area contributed by atoms with E-state index < -0.39 is 0 Å². The van der Waals surface area contributed by atoms with E-state index in [-0.39, 0.29) is 0 Å². The Balaban J connectivity index is 2.48. The molecule has 0 saturated heterocycles. The number of hydrogen-bond acceptors (Lipinski definition) is 3. The highest BCUT2D eigenvalue weighted by Gasteiger charge is 2.15. The maximum Gasteiger partial charge on any atom is 0.166 e. The van der Waals surface area contributed by atoms with Crippen LogP contribution in [0.5, 0.6) is 11.5 Å². The van der Waals surface area contributed by atoms with E-state index in [0.29, 0.717) is 19.8 Å². The first-order valence-corrected chi connectivity index (χ1v) is 5.39. The molecular formula is C10H12BrNO2. The fraction of sp³-hybridized carbons (Fsp3) is 0.400.